The van der Waals surface area contributed by atoms with E-state index < -0.39 is 6.17 Å². The molecule has 1 heterocycles. The molecule has 0 aromatic carbocycles. The van der Waals surface area contributed by atoms with Gasteiger partial charge >= 0.3 is 0 Å². The standard InChI is InChI=1S/C15H27N3O2/c1-2-3-4-5-6-7-8-9-10-13(19)18-14-15(20)17-12-11-16-14/h2,14,16H,1,3-12H2,(H,17,20)(H,18,19)/t14-/m0/s1. The lowest BCUT2D eigenvalue weighted by Gasteiger charge is -2.24. The predicted octanol–water partition coefficient (Wildman–Crippen LogP) is 1.45. The normalized spacial score (nSPS) is 18.4. The Morgan fingerprint density at radius 1 is 1.20 bits per heavy atom. The zero-order valence-corrected chi connectivity index (χ0v) is 12.2. The Morgan fingerprint density at radius 2 is 1.90 bits per heavy atom. The van der Waals surface area contributed by atoms with Gasteiger partial charge in [0.15, 0.2) is 6.17 Å². The van der Waals surface area contributed by atoms with Gasteiger partial charge in [0.05, 0.1) is 0 Å². The first-order chi connectivity index (χ1) is 9.74. The number of unbranched alkanes of at least 4 members (excludes halogenated alkanes) is 6. The van der Waals surface area contributed by atoms with Gasteiger partial charge in [-0.25, -0.2) is 0 Å². The fourth-order valence-corrected chi connectivity index (χ4v) is 2.23. The molecule has 1 rings (SSSR count). The molecule has 0 unspecified atom stereocenters. The molecule has 1 aliphatic heterocycles. The topological polar surface area (TPSA) is 70.2 Å². The molecule has 0 radical (unpaired) electrons. The van der Waals surface area contributed by atoms with Crippen LogP contribution in [0.1, 0.15) is 51.4 Å². The van der Waals surface area contributed by atoms with Crippen molar-refractivity contribution >= 4 is 11.8 Å². The SMILES string of the molecule is C=CCCCCCCCCC(=O)N[C@@H]1NCCNC1=O. The molecule has 20 heavy (non-hydrogen) atoms. The summed E-state index contributed by atoms with van der Waals surface area (Å²) >= 11 is 0. The quantitative estimate of drug-likeness (QED) is 0.419. The van der Waals surface area contributed by atoms with Crippen LogP contribution < -0.4 is 16.0 Å². The number of hydrogen-bond donors (Lipinski definition) is 3. The van der Waals surface area contributed by atoms with E-state index in [9.17, 15) is 9.59 Å². The largest absolute Gasteiger partial charge is 0.352 e. The summed E-state index contributed by atoms with van der Waals surface area (Å²) in [7, 11) is 0. The van der Waals surface area contributed by atoms with Gasteiger partial charge in [-0.2, -0.15) is 0 Å². The van der Waals surface area contributed by atoms with Gasteiger partial charge in [0, 0.05) is 19.5 Å². The molecule has 3 N–H and O–H groups in total. The summed E-state index contributed by atoms with van der Waals surface area (Å²) in [4.78, 5) is 23.1. The lowest BCUT2D eigenvalue weighted by molar-refractivity contribution is -0.130. The van der Waals surface area contributed by atoms with Gasteiger partial charge < -0.3 is 10.6 Å². The van der Waals surface area contributed by atoms with Crippen LogP contribution in [-0.2, 0) is 9.59 Å². The molecule has 1 saturated heterocycles. The maximum Gasteiger partial charge on any atom is 0.257 e. The Labute approximate surface area is 121 Å². The average Bonchev–Trinajstić information content (AvgIpc) is 2.44. The minimum Gasteiger partial charge on any atom is -0.352 e. The van der Waals surface area contributed by atoms with Crippen molar-refractivity contribution in [1.82, 2.24) is 16.0 Å². The lowest BCUT2D eigenvalue weighted by Crippen LogP contribution is -2.60. The zero-order valence-electron chi connectivity index (χ0n) is 12.2. The van der Waals surface area contributed by atoms with Crippen LogP contribution in [0.15, 0.2) is 12.7 Å². The summed E-state index contributed by atoms with van der Waals surface area (Å²) < 4.78 is 0. The molecule has 5 nitrogen and oxygen atoms in total. The molecule has 1 atom stereocenters. The van der Waals surface area contributed by atoms with Crippen molar-refractivity contribution in [1.29, 1.82) is 0 Å². The second kappa shape index (κ2) is 10.4. The van der Waals surface area contributed by atoms with Gasteiger partial charge in [-0.15, -0.1) is 6.58 Å². The summed E-state index contributed by atoms with van der Waals surface area (Å²) in [6.07, 6.45) is 9.81. The first-order valence-electron chi connectivity index (χ1n) is 7.65. The third kappa shape index (κ3) is 7.28. The highest BCUT2D eigenvalue weighted by molar-refractivity contribution is 5.87. The lowest BCUT2D eigenvalue weighted by atomic mass is 10.1. The minimum absolute atomic E-state index is 0.0498. The van der Waals surface area contributed by atoms with Crippen LogP contribution in [0.5, 0.6) is 0 Å². The average molecular weight is 281 g/mol. The van der Waals surface area contributed by atoms with Crippen molar-refractivity contribution in [3.8, 4) is 0 Å². The van der Waals surface area contributed by atoms with Crippen molar-refractivity contribution in [3.05, 3.63) is 12.7 Å². The molecule has 1 aliphatic rings. The van der Waals surface area contributed by atoms with Crippen LogP contribution in [0.3, 0.4) is 0 Å². The van der Waals surface area contributed by atoms with Crippen LogP contribution >= 0.6 is 0 Å². The molecule has 5 heteroatoms. The fraction of sp³-hybridized carbons (Fsp3) is 0.733. The van der Waals surface area contributed by atoms with Crippen LogP contribution in [0.25, 0.3) is 0 Å². The van der Waals surface area contributed by atoms with Gasteiger partial charge in [-0.05, 0) is 19.3 Å². The number of carbonyl (C=O) groups excluding carboxylic acids is 2. The number of amides is 2. The number of piperazine rings is 1. The molecule has 114 valence electrons. The van der Waals surface area contributed by atoms with E-state index in [1.165, 1.54) is 25.7 Å². The van der Waals surface area contributed by atoms with Crippen molar-refractivity contribution in [2.75, 3.05) is 13.1 Å². The Hall–Kier alpha value is -1.36. The summed E-state index contributed by atoms with van der Waals surface area (Å²) in [5.41, 5.74) is 0. The zero-order chi connectivity index (χ0) is 14.6. The number of allylic oxidation sites excluding steroid dienone is 1. The van der Waals surface area contributed by atoms with E-state index in [2.05, 4.69) is 22.5 Å². The Bertz CT molecular complexity index is 318. The molecule has 0 aromatic rings. The van der Waals surface area contributed by atoms with Gasteiger partial charge in [-0.3, -0.25) is 14.9 Å². The number of rotatable bonds is 10. The number of nitrogens with one attached hydrogen (secondary N) is 3. The van der Waals surface area contributed by atoms with Crippen molar-refractivity contribution in [3.63, 3.8) is 0 Å². The third-order valence-electron chi connectivity index (χ3n) is 3.40. The maximum atomic E-state index is 11.7. The van der Waals surface area contributed by atoms with Gasteiger partial charge in [-0.1, -0.05) is 31.8 Å². The summed E-state index contributed by atoms with van der Waals surface area (Å²) in [6, 6.07) is 0. The van der Waals surface area contributed by atoms with E-state index in [4.69, 9.17) is 0 Å². The van der Waals surface area contributed by atoms with Gasteiger partial charge in [0.25, 0.3) is 5.91 Å². The molecule has 0 spiro atoms. The Balaban J connectivity index is 1.97. The van der Waals surface area contributed by atoms with E-state index in [0.29, 0.717) is 19.5 Å². The first-order valence-corrected chi connectivity index (χ1v) is 7.65. The number of hydrogen-bond acceptors (Lipinski definition) is 3. The first kappa shape index (κ1) is 16.7. The van der Waals surface area contributed by atoms with E-state index in [1.54, 1.807) is 0 Å². The minimum atomic E-state index is -0.560. The van der Waals surface area contributed by atoms with E-state index in [0.717, 1.165) is 19.3 Å². The van der Waals surface area contributed by atoms with Crippen molar-refractivity contribution in [2.24, 2.45) is 0 Å². The van der Waals surface area contributed by atoms with Crippen molar-refractivity contribution in [2.45, 2.75) is 57.5 Å². The van der Waals surface area contributed by atoms with Crippen LogP contribution in [0.4, 0.5) is 0 Å². The third-order valence-corrected chi connectivity index (χ3v) is 3.40. The van der Waals surface area contributed by atoms with Crippen LogP contribution in [0, 0.1) is 0 Å². The molecule has 0 bridgehead atoms. The highest BCUT2D eigenvalue weighted by Crippen LogP contribution is 2.08. The number of carbonyl (C=O) groups is 2. The molecular formula is C15H27N3O2. The van der Waals surface area contributed by atoms with Gasteiger partial charge in [0.2, 0.25) is 5.91 Å². The Kier molecular flexibility index (Phi) is 8.71. The summed E-state index contributed by atoms with van der Waals surface area (Å²) in [6.45, 7) is 5.02. The molecule has 1 fully saturated rings. The van der Waals surface area contributed by atoms with Crippen LogP contribution in [-0.4, -0.2) is 31.1 Å². The molecule has 0 aliphatic carbocycles. The van der Waals surface area contributed by atoms with E-state index >= 15 is 0 Å². The van der Waals surface area contributed by atoms with E-state index in [1.807, 2.05) is 6.08 Å². The molecule has 0 saturated carbocycles. The summed E-state index contributed by atoms with van der Waals surface area (Å²) in [5.74, 6) is -0.196. The summed E-state index contributed by atoms with van der Waals surface area (Å²) in [5, 5.41) is 8.41. The maximum absolute atomic E-state index is 11.7. The smallest absolute Gasteiger partial charge is 0.257 e. The second-order valence-electron chi connectivity index (χ2n) is 5.19. The van der Waals surface area contributed by atoms with Gasteiger partial charge in [0.1, 0.15) is 0 Å². The Morgan fingerprint density at radius 3 is 2.60 bits per heavy atom. The fourth-order valence-electron chi connectivity index (χ4n) is 2.23. The second-order valence-corrected chi connectivity index (χ2v) is 5.19. The molecular weight excluding hydrogens is 254 g/mol. The highest BCUT2D eigenvalue weighted by atomic mass is 16.2. The van der Waals surface area contributed by atoms with E-state index in [-0.39, 0.29) is 11.8 Å². The predicted molar refractivity (Wildman–Crippen MR) is 80.1 cm³/mol. The highest BCUT2D eigenvalue weighted by Gasteiger charge is 2.22. The van der Waals surface area contributed by atoms with Crippen LogP contribution in [0.2, 0.25) is 0 Å². The molecule has 0 aromatic heterocycles. The monoisotopic (exact) mass is 281 g/mol. The van der Waals surface area contributed by atoms with Crippen molar-refractivity contribution < 1.29 is 9.59 Å². The molecule has 2 amide bonds.